The first kappa shape index (κ1) is 9.97. The molecule has 1 aromatic carbocycles. The summed E-state index contributed by atoms with van der Waals surface area (Å²) in [6.07, 6.45) is 3.87. The van der Waals surface area contributed by atoms with Crippen LogP contribution in [0.15, 0.2) is 24.3 Å². The third-order valence-electron chi connectivity index (χ3n) is 1.30. The van der Waals surface area contributed by atoms with E-state index in [1.165, 1.54) is 0 Å². The third kappa shape index (κ3) is 3.10. The van der Waals surface area contributed by atoms with Crippen molar-refractivity contribution in [1.29, 1.82) is 0 Å². The molecule has 0 aromatic heterocycles. The first-order valence-corrected chi connectivity index (χ1v) is 4.84. The normalized spacial score (nSPS) is 10.9. The van der Waals surface area contributed by atoms with E-state index in [2.05, 4.69) is 12.6 Å². The fourth-order valence-corrected chi connectivity index (χ4v) is 1.51. The summed E-state index contributed by atoms with van der Waals surface area (Å²) in [4.78, 5) is 0. The molecule has 0 amide bonds. The SMILES string of the molecule is SCC=Cc1cc(Cl)cc(Cl)c1. The van der Waals surface area contributed by atoms with Gasteiger partial charge in [0, 0.05) is 15.8 Å². The van der Waals surface area contributed by atoms with Gasteiger partial charge < -0.3 is 0 Å². The highest BCUT2D eigenvalue weighted by Gasteiger charge is 1.93. The van der Waals surface area contributed by atoms with Crippen LogP contribution in [-0.4, -0.2) is 5.75 Å². The zero-order valence-corrected chi connectivity index (χ0v) is 8.70. The molecule has 0 atom stereocenters. The van der Waals surface area contributed by atoms with Gasteiger partial charge >= 0.3 is 0 Å². The molecular weight excluding hydrogens is 211 g/mol. The Morgan fingerprint density at radius 3 is 2.25 bits per heavy atom. The zero-order chi connectivity index (χ0) is 8.97. The highest BCUT2D eigenvalue weighted by atomic mass is 35.5. The Morgan fingerprint density at radius 2 is 1.75 bits per heavy atom. The predicted octanol–water partition coefficient (Wildman–Crippen LogP) is 3.94. The van der Waals surface area contributed by atoms with Crippen molar-refractivity contribution in [1.82, 2.24) is 0 Å². The van der Waals surface area contributed by atoms with Gasteiger partial charge in [0.2, 0.25) is 0 Å². The van der Waals surface area contributed by atoms with Crippen molar-refractivity contribution in [3.63, 3.8) is 0 Å². The van der Waals surface area contributed by atoms with E-state index in [0.29, 0.717) is 15.8 Å². The quantitative estimate of drug-likeness (QED) is 0.715. The van der Waals surface area contributed by atoms with Crippen molar-refractivity contribution >= 4 is 41.9 Å². The van der Waals surface area contributed by atoms with Gasteiger partial charge in [0.1, 0.15) is 0 Å². The lowest BCUT2D eigenvalue weighted by Crippen LogP contribution is -1.73. The Kier molecular flexibility index (Phi) is 3.99. The summed E-state index contributed by atoms with van der Waals surface area (Å²) in [5.41, 5.74) is 1.00. The van der Waals surface area contributed by atoms with Crippen LogP contribution in [0.3, 0.4) is 0 Å². The molecule has 0 aliphatic rings. The molecule has 64 valence electrons. The Hall–Kier alpha value is -0.110. The predicted molar refractivity (Wildman–Crippen MR) is 59.3 cm³/mol. The van der Waals surface area contributed by atoms with Gasteiger partial charge in [-0.15, -0.1) is 0 Å². The zero-order valence-electron chi connectivity index (χ0n) is 6.30. The summed E-state index contributed by atoms with van der Waals surface area (Å²) < 4.78 is 0. The van der Waals surface area contributed by atoms with Gasteiger partial charge in [0.05, 0.1) is 0 Å². The number of rotatable bonds is 2. The van der Waals surface area contributed by atoms with Crippen molar-refractivity contribution in [3.05, 3.63) is 39.9 Å². The van der Waals surface area contributed by atoms with E-state index in [-0.39, 0.29) is 0 Å². The summed E-state index contributed by atoms with van der Waals surface area (Å²) in [5, 5.41) is 1.31. The van der Waals surface area contributed by atoms with E-state index in [1.54, 1.807) is 6.07 Å². The topological polar surface area (TPSA) is 0 Å². The minimum atomic E-state index is 0.654. The maximum atomic E-state index is 5.79. The largest absolute Gasteiger partial charge is 0.175 e. The second-order valence-corrected chi connectivity index (χ2v) is 3.53. The Labute approximate surface area is 87.6 Å². The lowest BCUT2D eigenvalue weighted by atomic mass is 10.2. The molecule has 0 bridgehead atoms. The van der Waals surface area contributed by atoms with Crippen LogP contribution in [0.2, 0.25) is 10.0 Å². The highest BCUT2D eigenvalue weighted by Crippen LogP contribution is 2.19. The maximum Gasteiger partial charge on any atom is 0.0426 e. The van der Waals surface area contributed by atoms with E-state index in [4.69, 9.17) is 23.2 Å². The Balaban J connectivity index is 2.93. The lowest BCUT2D eigenvalue weighted by Gasteiger charge is -1.96. The molecule has 0 aliphatic heterocycles. The van der Waals surface area contributed by atoms with E-state index < -0.39 is 0 Å². The van der Waals surface area contributed by atoms with Gasteiger partial charge in [-0.2, -0.15) is 12.6 Å². The van der Waals surface area contributed by atoms with Crippen molar-refractivity contribution in [3.8, 4) is 0 Å². The molecule has 0 heterocycles. The number of thiol groups is 1. The van der Waals surface area contributed by atoms with Crippen LogP contribution < -0.4 is 0 Å². The molecular formula is C9H8Cl2S. The molecule has 0 spiro atoms. The smallest absolute Gasteiger partial charge is 0.0426 e. The van der Waals surface area contributed by atoms with Gasteiger partial charge in [-0.3, -0.25) is 0 Å². The summed E-state index contributed by atoms with van der Waals surface area (Å²) in [5.74, 6) is 0.712. The molecule has 0 N–H and O–H groups in total. The number of hydrogen-bond acceptors (Lipinski definition) is 1. The molecule has 1 aromatic rings. The molecule has 0 saturated heterocycles. The minimum absolute atomic E-state index is 0.654. The molecule has 0 unspecified atom stereocenters. The summed E-state index contributed by atoms with van der Waals surface area (Å²) in [7, 11) is 0. The molecule has 0 radical (unpaired) electrons. The van der Waals surface area contributed by atoms with Crippen LogP contribution in [0.1, 0.15) is 5.56 Å². The number of halogens is 2. The van der Waals surface area contributed by atoms with Crippen LogP contribution in [0.25, 0.3) is 6.08 Å². The van der Waals surface area contributed by atoms with Crippen LogP contribution in [-0.2, 0) is 0 Å². The van der Waals surface area contributed by atoms with E-state index in [1.807, 2.05) is 24.3 Å². The average Bonchev–Trinajstić information content (AvgIpc) is 1.99. The van der Waals surface area contributed by atoms with Crippen molar-refractivity contribution in [2.24, 2.45) is 0 Å². The number of hydrogen-bond donors (Lipinski definition) is 1. The summed E-state index contributed by atoms with van der Waals surface area (Å²) in [6.45, 7) is 0. The Morgan fingerprint density at radius 1 is 1.17 bits per heavy atom. The van der Waals surface area contributed by atoms with Crippen molar-refractivity contribution in [2.45, 2.75) is 0 Å². The Bertz CT molecular complexity index is 274. The van der Waals surface area contributed by atoms with Gasteiger partial charge in [0.25, 0.3) is 0 Å². The lowest BCUT2D eigenvalue weighted by molar-refractivity contribution is 1.64. The molecule has 0 saturated carbocycles. The molecule has 1 rings (SSSR count). The van der Waals surface area contributed by atoms with E-state index in [9.17, 15) is 0 Å². The second kappa shape index (κ2) is 4.80. The standard InChI is InChI=1S/C9H8Cl2S/c10-8-4-7(2-1-3-12)5-9(11)6-8/h1-2,4-6,12H,3H2. The van der Waals surface area contributed by atoms with Crippen LogP contribution in [0.4, 0.5) is 0 Å². The van der Waals surface area contributed by atoms with Crippen molar-refractivity contribution in [2.75, 3.05) is 5.75 Å². The molecule has 3 heteroatoms. The summed E-state index contributed by atoms with van der Waals surface area (Å²) >= 11 is 15.6. The summed E-state index contributed by atoms with van der Waals surface area (Å²) in [6, 6.07) is 5.42. The first-order chi connectivity index (χ1) is 5.72. The van der Waals surface area contributed by atoms with Crippen LogP contribution >= 0.6 is 35.8 Å². The maximum absolute atomic E-state index is 5.79. The van der Waals surface area contributed by atoms with Crippen molar-refractivity contribution < 1.29 is 0 Å². The van der Waals surface area contributed by atoms with Gasteiger partial charge in [-0.05, 0) is 23.8 Å². The molecule has 0 fully saturated rings. The highest BCUT2D eigenvalue weighted by molar-refractivity contribution is 7.80. The van der Waals surface area contributed by atoms with Gasteiger partial charge in [-0.25, -0.2) is 0 Å². The monoisotopic (exact) mass is 218 g/mol. The minimum Gasteiger partial charge on any atom is -0.175 e. The number of benzene rings is 1. The third-order valence-corrected chi connectivity index (χ3v) is 1.95. The molecule has 0 nitrogen and oxygen atoms in total. The fourth-order valence-electron chi connectivity index (χ4n) is 0.860. The molecule has 0 aliphatic carbocycles. The van der Waals surface area contributed by atoms with E-state index >= 15 is 0 Å². The second-order valence-electron chi connectivity index (χ2n) is 2.29. The van der Waals surface area contributed by atoms with Crippen LogP contribution in [0, 0.1) is 0 Å². The average molecular weight is 219 g/mol. The van der Waals surface area contributed by atoms with E-state index in [0.717, 1.165) is 5.56 Å². The fraction of sp³-hybridized carbons (Fsp3) is 0.111. The van der Waals surface area contributed by atoms with Gasteiger partial charge in [-0.1, -0.05) is 35.4 Å². The first-order valence-electron chi connectivity index (χ1n) is 3.46. The van der Waals surface area contributed by atoms with Crippen LogP contribution in [0.5, 0.6) is 0 Å². The molecule has 12 heavy (non-hydrogen) atoms. The van der Waals surface area contributed by atoms with Gasteiger partial charge in [0.15, 0.2) is 0 Å².